The lowest BCUT2D eigenvalue weighted by atomic mass is 9.87. The molecule has 0 aliphatic heterocycles. The zero-order chi connectivity index (χ0) is 19.8. The minimum absolute atomic E-state index is 0.0288. The number of benzene rings is 2. The highest BCUT2D eigenvalue weighted by molar-refractivity contribution is 7.21. The van der Waals surface area contributed by atoms with Crippen LogP contribution in [0, 0.1) is 0 Å². The normalized spacial score (nSPS) is 11.5. The Hall–Kier alpha value is -2.24. The maximum Gasteiger partial charge on any atom is 0.267 e. The van der Waals surface area contributed by atoms with Crippen LogP contribution in [0.2, 0.25) is 5.02 Å². The van der Waals surface area contributed by atoms with Crippen LogP contribution in [0.15, 0.2) is 36.4 Å². The van der Waals surface area contributed by atoms with E-state index in [2.05, 4.69) is 38.2 Å². The summed E-state index contributed by atoms with van der Waals surface area (Å²) >= 11 is 7.90. The molecule has 1 heterocycles. The Morgan fingerprint density at radius 2 is 1.81 bits per heavy atom. The maximum atomic E-state index is 12.9. The van der Waals surface area contributed by atoms with Crippen molar-refractivity contribution in [3.8, 4) is 11.5 Å². The molecule has 0 atom stereocenters. The highest BCUT2D eigenvalue weighted by atomic mass is 35.5. The van der Waals surface area contributed by atoms with Crippen LogP contribution in [-0.2, 0) is 5.41 Å². The van der Waals surface area contributed by atoms with Gasteiger partial charge in [0.1, 0.15) is 16.4 Å². The van der Waals surface area contributed by atoms with Gasteiger partial charge in [-0.15, -0.1) is 11.3 Å². The average molecular weight is 404 g/mol. The number of thiophene rings is 1. The number of rotatable bonds is 4. The number of anilines is 1. The topological polar surface area (TPSA) is 47.6 Å². The molecule has 1 amide bonds. The van der Waals surface area contributed by atoms with Gasteiger partial charge in [-0.1, -0.05) is 44.5 Å². The SMILES string of the molecule is COc1ccc(OC)c(NC(=O)c2sc3cc(C(C)(C)C)ccc3c2Cl)c1. The van der Waals surface area contributed by atoms with Crippen LogP contribution in [0.4, 0.5) is 5.69 Å². The van der Waals surface area contributed by atoms with Crippen molar-refractivity contribution < 1.29 is 14.3 Å². The van der Waals surface area contributed by atoms with E-state index in [1.165, 1.54) is 16.9 Å². The van der Waals surface area contributed by atoms with Crippen molar-refractivity contribution in [3.05, 3.63) is 51.9 Å². The molecule has 0 unspecified atom stereocenters. The van der Waals surface area contributed by atoms with Gasteiger partial charge >= 0.3 is 0 Å². The molecule has 0 spiro atoms. The maximum absolute atomic E-state index is 12.9. The van der Waals surface area contributed by atoms with Gasteiger partial charge in [-0.05, 0) is 29.2 Å². The van der Waals surface area contributed by atoms with Crippen LogP contribution in [0.5, 0.6) is 11.5 Å². The van der Waals surface area contributed by atoms with Crippen molar-refractivity contribution in [2.45, 2.75) is 26.2 Å². The van der Waals surface area contributed by atoms with Gasteiger partial charge in [0.25, 0.3) is 5.91 Å². The fourth-order valence-electron chi connectivity index (χ4n) is 2.77. The van der Waals surface area contributed by atoms with Crippen LogP contribution >= 0.6 is 22.9 Å². The first-order valence-corrected chi connectivity index (χ1v) is 9.70. The Morgan fingerprint density at radius 3 is 2.44 bits per heavy atom. The van der Waals surface area contributed by atoms with Crippen LogP contribution in [0.3, 0.4) is 0 Å². The molecule has 0 saturated heterocycles. The summed E-state index contributed by atoms with van der Waals surface area (Å²) < 4.78 is 11.5. The fourth-order valence-corrected chi connectivity index (χ4v) is 4.22. The van der Waals surface area contributed by atoms with Crippen molar-refractivity contribution in [1.82, 2.24) is 0 Å². The second kappa shape index (κ2) is 7.41. The van der Waals surface area contributed by atoms with E-state index < -0.39 is 0 Å². The third-order valence-electron chi connectivity index (χ3n) is 4.36. The molecular weight excluding hydrogens is 382 g/mol. The lowest BCUT2D eigenvalue weighted by molar-refractivity contribution is 0.103. The van der Waals surface area contributed by atoms with Crippen molar-refractivity contribution in [3.63, 3.8) is 0 Å². The quantitative estimate of drug-likeness (QED) is 0.570. The number of hydrogen-bond acceptors (Lipinski definition) is 4. The van der Waals surface area contributed by atoms with Crippen LogP contribution < -0.4 is 14.8 Å². The highest BCUT2D eigenvalue weighted by Gasteiger charge is 2.21. The first-order chi connectivity index (χ1) is 12.7. The van der Waals surface area contributed by atoms with Crippen molar-refractivity contribution in [2.24, 2.45) is 0 Å². The first-order valence-electron chi connectivity index (χ1n) is 8.50. The number of fused-ring (bicyclic) bond motifs is 1. The molecule has 0 saturated carbocycles. The van der Waals surface area contributed by atoms with Gasteiger partial charge in [0.05, 0.1) is 24.9 Å². The number of carbonyl (C=O) groups excluding carboxylic acids is 1. The molecule has 3 rings (SSSR count). The summed E-state index contributed by atoms with van der Waals surface area (Å²) in [5, 5.41) is 4.24. The van der Waals surface area contributed by atoms with Gasteiger partial charge in [-0.3, -0.25) is 4.79 Å². The van der Waals surface area contributed by atoms with E-state index in [1.807, 2.05) is 6.07 Å². The summed E-state index contributed by atoms with van der Waals surface area (Å²) in [5.74, 6) is 0.907. The predicted octanol–water partition coefficient (Wildman–Crippen LogP) is 6.12. The van der Waals surface area contributed by atoms with E-state index in [9.17, 15) is 4.79 Å². The number of carbonyl (C=O) groups is 1. The Labute approximate surface area is 168 Å². The number of ether oxygens (including phenoxy) is 2. The zero-order valence-corrected chi connectivity index (χ0v) is 17.5. The Bertz CT molecular complexity index is 1000. The van der Waals surface area contributed by atoms with E-state index in [4.69, 9.17) is 21.1 Å². The molecule has 0 aliphatic carbocycles. The Kier molecular flexibility index (Phi) is 5.36. The van der Waals surface area contributed by atoms with E-state index in [0.717, 1.165) is 10.1 Å². The third kappa shape index (κ3) is 3.89. The summed E-state index contributed by atoms with van der Waals surface area (Å²) in [5.41, 5.74) is 1.77. The lowest BCUT2D eigenvalue weighted by Gasteiger charge is -2.18. The van der Waals surface area contributed by atoms with Crippen molar-refractivity contribution >= 4 is 44.6 Å². The fraction of sp³-hybridized carbons (Fsp3) is 0.286. The zero-order valence-electron chi connectivity index (χ0n) is 16.0. The number of methoxy groups -OCH3 is 2. The lowest BCUT2D eigenvalue weighted by Crippen LogP contribution is -2.11. The second-order valence-electron chi connectivity index (χ2n) is 7.23. The predicted molar refractivity (Wildman–Crippen MR) is 113 cm³/mol. The van der Waals surface area contributed by atoms with Gasteiger partial charge in [-0.2, -0.15) is 0 Å². The highest BCUT2D eigenvalue weighted by Crippen LogP contribution is 2.39. The molecule has 142 valence electrons. The number of nitrogens with one attached hydrogen (secondary N) is 1. The van der Waals surface area contributed by atoms with Crippen LogP contribution in [-0.4, -0.2) is 20.1 Å². The van der Waals surface area contributed by atoms with Gasteiger partial charge in [0, 0.05) is 16.2 Å². The number of hydrogen-bond donors (Lipinski definition) is 1. The summed E-state index contributed by atoms with van der Waals surface area (Å²) in [4.78, 5) is 13.3. The summed E-state index contributed by atoms with van der Waals surface area (Å²) in [6.45, 7) is 6.48. The summed E-state index contributed by atoms with van der Waals surface area (Å²) in [7, 11) is 3.13. The second-order valence-corrected chi connectivity index (χ2v) is 8.66. The van der Waals surface area contributed by atoms with Gasteiger partial charge < -0.3 is 14.8 Å². The smallest absolute Gasteiger partial charge is 0.267 e. The number of halogens is 1. The summed E-state index contributed by atoms with van der Waals surface area (Å²) in [6.07, 6.45) is 0. The van der Waals surface area contributed by atoms with Crippen LogP contribution in [0.1, 0.15) is 36.0 Å². The summed E-state index contributed by atoms with van der Waals surface area (Å²) in [6, 6.07) is 11.4. The molecule has 2 aromatic carbocycles. The van der Waals surface area contributed by atoms with E-state index in [0.29, 0.717) is 27.1 Å². The molecular formula is C21H22ClNO3S. The average Bonchev–Trinajstić information content (AvgIpc) is 2.97. The molecule has 6 heteroatoms. The molecule has 0 fully saturated rings. The molecule has 1 aromatic heterocycles. The first kappa shape index (κ1) is 19.5. The van der Waals surface area contributed by atoms with Crippen molar-refractivity contribution in [1.29, 1.82) is 0 Å². The van der Waals surface area contributed by atoms with Gasteiger partial charge in [-0.25, -0.2) is 0 Å². The minimum Gasteiger partial charge on any atom is -0.497 e. The monoisotopic (exact) mass is 403 g/mol. The molecule has 0 radical (unpaired) electrons. The van der Waals surface area contributed by atoms with Gasteiger partial charge in [0.15, 0.2) is 0 Å². The molecule has 0 aliphatic rings. The Balaban J connectivity index is 1.98. The number of amides is 1. The van der Waals surface area contributed by atoms with E-state index >= 15 is 0 Å². The Morgan fingerprint density at radius 1 is 1.07 bits per heavy atom. The minimum atomic E-state index is -0.273. The largest absolute Gasteiger partial charge is 0.497 e. The molecule has 27 heavy (non-hydrogen) atoms. The molecule has 0 bridgehead atoms. The standard InChI is InChI=1S/C21H22ClNO3S/c1-21(2,3)12-6-8-14-17(10-12)27-19(18(14)22)20(24)23-15-11-13(25-4)7-9-16(15)26-5/h6-11H,1-5H3,(H,23,24). The molecule has 4 nitrogen and oxygen atoms in total. The van der Waals surface area contributed by atoms with E-state index in [1.54, 1.807) is 32.4 Å². The van der Waals surface area contributed by atoms with E-state index in [-0.39, 0.29) is 11.3 Å². The third-order valence-corrected chi connectivity index (χ3v) is 6.01. The molecule has 1 N–H and O–H groups in total. The van der Waals surface area contributed by atoms with Gasteiger partial charge in [0.2, 0.25) is 0 Å². The molecule has 3 aromatic rings. The van der Waals surface area contributed by atoms with Crippen molar-refractivity contribution in [2.75, 3.05) is 19.5 Å². The van der Waals surface area contributed by atoms with Crippen LogP contribution in [0.25, 0.3) is 10.1 Å².